The van der Waals surface area contributed by atoms with E-state index < -0.39 is 5.54 Å². The second-order valence-electron chi connectivity index (χ2n) is 7.02. The Hall–Kier alpha value is -1.10. The van der Waals surface area contributed by atoms with Crippen molar-refractivity contribution < 1.29 is 9.59 Å². The topological polar surface area (TPSA) is 52.7 Å². The molecule has 4 aliphatic rings. The number of rotatable bonds is 3. The van der Waals surface area contributed by atoms with Gasteiger partial charge in [0.1, 0.15) is 11.6 Å². The zero-order valence-corrected chi connectivity index (χ0v) is 13.4. The summed E-state index contributed by atoms with van der Waals surface area (Å²) >= 11 is 0. The molecule has 5 heteroatoms. The molecule has 4 aliphatic heterocycles. The molecule has 4 heterocycles. The molecule has 2 amide bonds. The van der Waals surface area contributed by atoms with Crippen LogP contribution in [-0.4, -0.2) is 58.9 Å². The smallest absolute Gasteiger partial charge is 0.249 e. The Morgan fingerprint density at radius 3 is 2.38 bits per heavy atom. The van der Waals surface area contributed by atoms with Crippen molar-refractivity contribution in [2.75, 3.05) is 19.6 Å². The molecule has 4 rings (SSSR count). The van der Waals surface area contributed by atoms with Gasteiger partial charge < -0.3 is 15.1 Å². The molecule has 0 aromatic carbocycles. The van der Waals surface area contributed by atoms with E-state index in [4.69, 9.17) is 0 Å². The second kappa shape index (κ2) is 5.27. The van der Waals surface area contributed by atoms with Gasteiger partial charge in [-0.3, -0.25) is 9.59 Å². The van der Waals surface area contributed by atoms with Gasteiger partial charge in [-0.15, -0.1) is 0 Å². The Balaban J connectivity index is 1.92. The van der Waals surface area contributed by atoms with Gasteiger partial charge in [0.15, 0.2) is 0 Å². The van der Waals surface area contributed by atoms with Gasteiger partial charge in [0.05, 0.1) is 0 Å². The van der Waals surface area contributed by atoms with Gasteiger partial charge in [0.2, 0.25) is 11.8 Å². The molecule has 21 heavy (non-hydrogen) atoms. The number of nitrogens with one attached hydrogen (secondary N) is 1. The molecular weight excluding hydrogens is 266 g/mol. The minimum Gasteiger partial charge on any atom is -0.340 e. The van der Waals surface area contributed by atoms with Crippen molar-refractivity contribution in [1.29, 1.82) is 0 Å². The van der Waals surface area contributed by atoms with Gasteiger partial charge in [-0.25, -0.2) is 0 Å². The lowest BCUT2D eigenvalue weighted by Gasteiger charge is -2.54. The Labute approximate surface area is 127 Å². The molecule has 0 saturated carbocycles. The van der Waals surface area contributed by atoms with Gasteiger partial charge in [0, 0.05) is 12.6 Å². The number of amides is 2. The third kappa shape index (κ3) is 2.26. The Kier molecular flexibility index (Phi) is 3.72. The van der Waals surface area contributed by atoms with Crippen LogP contribution in [0.4, 0.5) is 0 Å². The second-order valence-corrected chi connectivity index (χ2v) is 7.02. The van der Waals surface area contributed by atoms with E-state index >= 15 is 0 Å². The van der Waals surface area contributed by atoms with Crippen molar-refractivity contribution in [3.05, 3.63) is 0 Å². The summed E-state index contributed by atoms with van der Waals surface area (Å²) in [6.07, 6.45) is 3.66. The van der Waals surface area contributed by atoms with Crippen LogP contribution in [0.25, 0.3) is 0 Å². The van der Waals surface area contributed by atoms with E-state index in [2.05, 4.69) is 10.2 Å². The zero-order valence-electron chi connectivity index (χ0n) is 13.4. The molecule has 4 fully saturated rings. The quantitative estimate of drug-likeness (QED) is 0.844. The summed E-state index contributed by atoms with van der Waals surface area (Å²) < 4.78 is 0. The number of hydrogen-bond acceptors (Lipinski definition) is 3. The highest BCUT2D eigenvalue weighted by Crippen LogP contribution is 2.35. The third-order valence-electron chi connectivity index (χ3n) is 5.82. The van der Waals surface area contributed by atoms with Crippen LogP contribution < -0.4 is 5.32 Å². The SMILES string of the molecule is CCC1C(=O)NC(C)(CC)C(=O)N1C1CN2CCC1CC2. The van der Waals surface area contributed by atoms with Crippen molar-refractivity contribution >= 4 is 11.8 Å². The van der Waals surface area contributed by atoms with Crippen LogP contribution in [0, 0.1) is 5.92 Å². The molecule has 0 radical (unpaired) electrons. The molecule has 0 aliphatic carbocycles. The lowest BCUT2D eigenvalue weighted by molar-refractivity contribution is -0.162. The first-order valence-corrected chi connectivity index (χ1v) is 8.37. The summed E-state index contributed by atoms with van der Waals surface area (Å²) in [5.74, 6) is 0.716. The van der Waals surface area contributed by atoms with Crippen LogP contribution in [0.3, 0.4) is 0 Å². The number of carbonyl (C=O) groups excluding carboxylic acids is 2. The molecule has 3 unspecified atom stereocenters. The van der Waals surface area contributed by atoms with Crippen molar-refractivity contribution in [1.82, 2.24) is 15.1 Å². The van der Waals surface area contributed by atoms with Crippen molar-refractivity contribution in [3.8, 4) is 0 Å². The van der Waals surface area contributed by atoms with Gasteiger partial charge in [0.25, 0.3) is 0 Å². The highest BCUT2D eigenvalue weighted by molar-refractivity contribution is 5.99. The first kappa shape index (κ1) is 14.8. The average Bonchev–Trinajstić information content (AvgIpc) is 2.51. The van der Waals surface area contributed by atoms with E-state index in [9.17, 15) is 9.59 Å². The van der Waals surface area contributed by atoms with Crippen molar-refractivity contribution in [3.63, 3.8) is 0 Å². The standard InChI is InChI=1S/C16H27N3O2/c1-4-12-14(20)17-16(3,5-2)15(21)19(12)13-10-18-8-6-11(13)7-9-18/h11-13H,4-10H2,1-3H3,(H,17,20). The van der Waals surface area contributed by atoms with E-state index in [1.165, 1.54) is 0 Å². The Morgan fingerprint density at radius 1 is 1.24 bits per heavy atom. The fraction of sp³-hybridized carbons (Fsp3) is 0.875. The first-order valence-electron chi connectivity index (χ1n) is 8.37. The predicted octanol–water partition coefficient (Wildman–Crippen LogP) is 0.986. The molecule has 2 bridgehead atoms. The fourth-order valence-corrected chi connectivity index (χ4v) is 4.21. The Morgan fingerprint density at radius 2 is 1.90 bits per heavy atom. The summed E-state index contributed by atoms with van der Waals surface area (Å²) in [5.41, 5.74) is -0.727. The summed E-state index contributed by atoms with van der Waals surface area (Å²) in [6.45, 7) is 9.08. The number of piperidine rings is 3. The van der Waals surface area contributed by atoms with Gasteiger partial charge in [-0.05, 0) is 51.6 Å². The van der Waals surface area contributed by atoms with Crippen LogP contribution in [0.5, 0.6) is 0 Å². The highest BCUT2D eigenvalue weighted by atomic mass is 16.2. The van der Waals surface area contributed by atoms with E-state index in [1.54, 1.807) is 0 Å². The summed E-state index contributed by atoms with van der Waals surface area (Å²) in [4.78, 5) is 29.9. The molecule has 1 N–H and O–H groups in total. The zero-order chi connectivity index (χ0) is 15.2. The predicted molar refractivity (Wildman–Crippen MR) is 80.7 cm³/mol. The van der Waals surface area contributed by atoms with Crippen LogP contribution in [-0.2, 0) is 9.59 Å². The minimum atomic E-state index is -0.727. The number of piperazine rings is 1. The highest BCUT2D eigenvalue weighted by Gasteiger charge is 2.51. The maximum atomic E-state index is 13.1. The van der Waals surface area contributed by atoms with E-state index in [0.29, 0.717) is 18.8 Å². The normalized spacial score (nSPS) is 43.1. The van der Waals surface area contributed by atoms with E-state index in [0.717, 1.165) is 32.5 Å². The van der Waals surface area contributed by atoms with E-state index in [1.807, 2.05) is 25.7 Å². The molecule has 0 aromatic heterocycles. The lowest BCUT2D eigenvalue weighted by Crippen LogP contribution is -2.73. The maximum Gasteiger partial charge on any atom is 0.249 e. The minimum absolute atomic E-state index is 0.0258. The van der Waals surface area contributed by atoms with E-state index in [-0.39, 0.29) is 23.9 Å². The van der Waals surface area contributed by atoms with Crippen LogP contribution in [0.1, 0.15) is 46.5 Å². The van der Waals surface area contributed by atoms with Crippen molar-refractivity contribution in [2.45, 2.75) is 64.1 Å². The van der Waals surface area contributed by atoms with Gasteiger partial charge >= 0.3 is 0 Å². The monoisotopic (exact) mass is 293 g/mol. The number of hydrogen-bond donors (Lipinski definition) is 1. The molecule has 0 spiro atoms. The average molecular weight is 293 g/mol. The Bertz CT molecular complexity index is 445. The van der Waals surface area contributed by atoms with Crippen molar-refractivity contribution in [2.24, 2.45) is 5.92 Å². The summed E-state index contributed by atoms with van der Waals surface area (Å²) in [7, 11) is 0. The van der Waals surface area contributed by atoms with Crippen LogP contribution in [0.2, 0.25) is 0 Å². The molecule has 0 aromatic rings. The molecule has 3 atom stereocenters. The number of fused-ring (bicyclic) bond motifs is 3. The van der Waals surface area contributed by atoms with Crippen LogP contribution in [0.15, 0.2) is 0 Å². The third-order valence-corrected chi connectivity index (χ3v) is 5.82. The van der Waals surface area contributed by atoms with Crippen LogP contribution >= 0.6 is 0 Å². The largest absolute Gasteiger partial charge is 0.340 e. The van der Waals surface area contributed by atoms with Gasteiger partial charge in [-0.2, -0.15) is 0 Å². The molecule has 118 valence electrons. The lowest BCUT2D eigenvalue weighted by atomic mass is 9.80. The fourth-order valence-electron chi connectivity index (χ4n) is 4.21. The number of carbonyl (C=O) groups is 2. The maximum absolute atomic E-state index is 13.1. The number of nitrogens with zero attached hydrogens (tertiary/aromatic N) is 2. The molecule has 5 nitrogen and oxygen atoms in total. The first-order chi connectivity index (χ1) is 10.00. The molecular formula is C16H27N3O2. The summed E-state index contributed by atoms with van der Waals surface area (Å²) in [6, 6.07) is -0.0652. The van der Waals surface area contributed by atoms with Gasteiger partial charge in [-0.1, -0.05) is 13.8 Å². The summed E-state index contributed by atoms with van der Waals surface area (Å²) in [5, 5.41) is 2.96. The molecule has 4 saturated heterocycles.